The van der Waals surface area contributed by atoms with Crippen molar-refractivity contribution >= 4 is 23.3 Å². The second-order valence-corrected chi connectivity index (χ2v) is 5.20. The Bertz CT molecular complexity index is 736. The zero-order chi connectivity index (χ0) is 16.8. The van der Waals surface area contributed by atoms with E-state index in [-0.39, 0.29) is 17.6 Å². The molecule has 0 aliphatic rings. The summed E-state index contributed by atoms with van der Waals surface area (Å²) in [6.45, 7) is 3.36. The first kappa shape index (κ1) is 16.4. The Hall–Kier alpha value is -2.95. The van der Waals surface area contributed by atoms with Gasteiger partial charge in [-0.2, -0.15) is 0 Å². The molecule has 2 rings (SSSR count). The molecule has 5 heteroatoms. The number of nitrogens with one attached hydrogen (secondary N) is 2. The van der Waals surface area contributed by atoms with Crippen LogP contribution in [0.1, 0.15) is 40.1 Å². The quantitative estimate of drug-likeness (QED) is 0.834. The number of ketones is 1. The molecule has 0 radical (unpaired) electrons. The zero-order valence-corrected chi connectivity index (χ0v) is 13.1. The van der Waals surface area contributed by atoms with Crippen LogP contribution in [-0.4, -0.2) is 17.6 Å². The van der Waals surface area contributed by atoms with Gasteiger partial charge in [-0.15, -0.1) is 0 Å². The summed E-state index contributed by atoms with van der Waals surface area (Å²) in [5.74, 6) is -0.405. The van der Waals surface area contributed by atoms with E-state index in [2.05, 4.69) is 10.6 Å². The van der Waals surface area contributed by atoms with Gasteiger partial charge in [-0.05, 0) is 36.8 Å². The Morgan fingerprint density at radius 3 is 2.22 bits per heavy atom. The number of amides is 2. The van der Waals surface area contributed by atoms with E-state index in [4.69, 9.17) is 0 Å². The molecule has 2 amide bonds. The average molecular weight is 310 g/mol. The van der Waals surface area contributed by atoms with E-state index in [1.54, 1.807) is 48.5 Å². The average Bonchev–Trinajstić information content (AvgIpc) is 2.53. The van der Waals surface area contributed by atoms with Crippen LogP contribution in [0.3, 0.4) is 0 Å². The van der Waals surface area contributed by atoms with Crippen molar-refractivity contribution in [3.63, 3.8) is 0 Å². The second-order valence-electron chi connectivity index (χ2n) is 5.20. The van der Waals surface area contributed by atoms with E-state index in [9.17, 15) is 14.4 Å². The van der Waals surface area contributed by atoms with Gasteiger partial charge in [-0.3, -0.25) is 14.4 Å². The van der Waals surface area contributed by atoms with E-state index in [1.807, 2.05) is 0 Å². The molecule has 118 valence electrons. The summed E-state index contributed by atoms with van der Waals surface area (Å²) in [6.07, 6.45) is 0. The highest BCUT2D eigenvalue weighted by Gasteiger charge is 2.07. The summed E-state index contributed by atoms with van der Waals surface area (Å²) >= 11 is 0. The molecule has 0 heterocycles. The molecular weight excluding hydrogens is 292 g/mol. The summed E-state index contributed by atoms with van der Waals surface area (Å²) in [6, 6.07) is 13.8. The van der Waals surface area contributed by atoms with Crippen LogP contribution in [0.2, 0.25) is 0 Å². The first-order valence-electron chi connectivity index (χ1n) is 7.21. The van der Waals surface area contributed by atoms with Gasteiger partial charge in [0.25, 0.3) is 5.91 Å². The minimum absolute atomic E-state index is 0.0524. The lowest BCUT2D eigenvalue weighted by molar-refractivity contribution is -0.119. The van der Waals surface area contributed by atoms with Crippen LogP contribution in [0.4, 0.5) is 5.69 Å². The Morgan fingerprint density at radius 1 is 0.913 bits per heavy atom. The molecule has 2 aromatic rings. The van der Waals surface area contributed by atoms with Crippen molar-refractivity contribution in [2.45, 2.75) is 20.4 Å². The number of anilines is 1. The predicted octanol–water partition coefficient (Wildman–Crippen LogP) is 2.78. The van der Waals surface area contributed by atoms with Crippen LogP contribution in [0.5, 0.6) is 0 Å². The number of rotatable bonds is 5. The SMILES string of the molecule is CC(=O)NCc1ccc(C(=O)Nc2cccc(C(C)=O)c2)cc1. The molecule has 0 saturated carbocycles. The Morgan fingerprint density at radius 2 is 1.61 bits per heavy atom. The Labute approximate surface area is 134 Å². The molecule has 0 bridgehead atoms. The standard InChI is InChI=1S/C18H18N2O3/c1-12(21)16-4-3-5-17(10-16)20-18(23)15-8-6-14(7-9-15)11-19-13(2)22/h3-10H,11H2,1-2H3,(H,19,22)(H,20,23). The van der Waals surface area contributed by atoms with Crippen molar-refractivity contribution in [3.8, 4) is 0 Å². The van der Waals surface area contributed by atoms with Gasteiger partial charge < -0.3 is 10.6 Å². The number of hydrogen-bond donors (Lipinski definition) is 2. The van der Waals surface area contributed by atoms with Gasteiger partial charge in [0, 0.05) is 30.3 Å². The molecular formula is C18H18N2O3. The summed E-state index contributed by atoms with van der Waals surface area (Å²) in [5, 5.41) is 5.46. The lowest BCUT2D eigenvalue weighted by atomic mass is 10.1. The van der Waals surface area contributed by atoms with Gasteiger partial charge in [0.05, 0.1) is 0 Å². The van der Waals surface area contributed by atoms with E-state index in [1.165, 1.54) is 13.8 Å². The van der Waals surface area contributed by atoms with Crippen LogP contribution in [0, 0.1) is 0 Å². The van der Waals surface area contributed by atoms with Gasteiger partial charge in [0.1, 0.15) is 0 Å². The monoisotopic (exact) mass is 310 g/mol. The molecule has 0 aromatic heterocycles. The fourth-order valence-corrected chi connectivity index (χ4v) is 2.02. The molecule has 2 aromatic carbocycles. The maximum Gasteiger partial charge on any atom is 0.255 e. The molecule has 0 unspecified atom stereocenters. The van der Waals surface area contributed by atoms with Gasteiger partial charge in [-0.1, -0.05) is 24.3 Å². The minimum atomic E-state index is -0.253. The van der Waals surface area contributed by atoms with Crippen molar-refractivity contribution in [2.24, 2.45) is 0 Å². The largest absolute Gasteiger partial charge is 0.352 e. The number of benzene rings is 2. The molecule has 0 spiro atoms. The fraction of sp³-hybridized carbons (Fsp3) is 0.167. The van der Waals surface area contributed by atoms with Gasteiger partial charge in [0.2, 0.25) is 5.91 Å². The van der Waals surface area contributed by atoms with Crippen LogP contribution in [0.15, 0.2) is 48.5 Å². The molecule has 0 saturated heterocycles. The highest BCUT2D eigenvalue weighted by molar-refractivity contribution is 6.05. The van der Waals surface area contributed by atoms with Crippen molar-refractivity contribution in [2.75, 3.05) is 5.32 Å². The maximum atomic E-state index is 12.2. The summed E-state index contributed by atoms with van der Waals surface area (Å²) in [5.41, 5.74) is 2.54. The van der Waals surface area contributed by atoms with E-state index in [0.717, 1.165) is 5.56 Å². The third-order valence-corrected chi connectivity index (χ3v) is 3.28. The number of Topliss-reactive ketones (excluding diaryl/α,β-unsaturated/α-hetero) is 1. The first-order valence-corrected chi connectivity index (χ1v) is 7.21. The second kappa shape index (κ2) is 7.35. The van der Waals surface area contributed by atoms with Gasteiger partial charge >= 0.3 is 0 Å². The maximum absolute atomic E-state index is 12.2. The van der Waals surface area contributed by atoms with Crippen LogP contribution in [-0.2, 0) is 11.3 Å². The van der Waals surface area contributed by atoms with E-state index >= 15 is 0 Å². The van der Waals surface area contributed by atoms with E-state index in [0.29, 0.717) is 23.4 Å². The van der Waals surface area contributed by atoms with Crippen LogP contribution in [0.25, 0.3) is 0 Å². The lowest BCUT2D eigenvalue weighted by Crippen LogP contribution is -2.19. The summed E-state index contributed by atoms with van der Waals surface area (Å²) in [4.78, 5) is 34.4. The molecule has 0 aliphatic heterocycles. The van der Waals surface area contributed by atoms with Crippen molar-refractivity contribution in [1.82, 2.24) is 5.32 Å². The molecule has 23 heavy (non-hydrogen) atoms. The smallest absolute Gasteiger partial charge is 0.255 e. The summed E-state index contributed by atoms with van der Waals surface area (Å²) in [7, 11) is 0. The van der Waals surface area contributed by atoms with Crippen molar-refractivity contribution in [1.29, 1.82) is 0 Å². The van der Waals surface area contributed by atoms with Crippen LogP contribution < -0.4 is 10.6 Å². The van der Waals surface area contributed by atoms with E-state index < -0.39 is 0 Å². The number of carbonyl (C=O) groups excluding carboxylic acids is 3. The van der Waals surface area contributed by atoms with Crippen molar-refractivity contribution in [3.05, 3.63) is 65.2 Å². The number of carbonyl (C=O) groups is 3. The minimum Gasteiger partial charge on any atom is -0.352 e. The molecule has 0 aliphatic carbocycles. The Kier molecular flexibility index (Phi) is 5.25. The predicted molar refractivity (Wildman–Crippen MR) is 88.4 cm³/mol. The van der Waals surface area contributed by atoms with Gasteiger partial charge in [-0.25, -0.2) is 0 Å². The highest BCUT2D eigenvalue weighted by atomic mass is 16.2. The number of hydrogen-bond acceptors (Lipinski definition) is 3. The molecule has 0 atom stereocenters. The molecule has 5 nitrogen and oxygen atoms in total. The topological polar surface area (TPSA) is 75.3 Å². The normalized spacial score (nSPS) is 10.0. The lowest BCUT2D eigenvalue weighted by Gasteiger charge is -2.07. The molecule has 0 fully saturated rings. The highest BCUT2D eigenvalue weighted by Crippen LogP contribution is 2.13. The van der Waals surface area contributed by atoms with Crippen molar-refractivity contribution < 1.29 is 14.4 Å². The molecule has 2 N–H and O–H groups in total. The van der Waals surface area contributed by atoms with Crippen LogP contribution >= 0.6 is 0 Å². The third-order valence-electron chi connectivity index (χ3n) is 3.28. The third kappa shape index (κ3) is 4.78. The van der Waals surface area contributed by atoms with Gasteiger partial charge in [0.15, 0.2) is 5.78 Å². The summed E-state index contributed by atoms with van der Waals surface area (Å²) < 4.78 is 0. The fourth-order valence-electron chi connectivity index (χ4n) is 2.02. The zero-order valence-electron chi connectivity index (χ0n) is 13.1. The first-order chi connectivity index (χ1) is 11.0. The Balaban J connectivity index is 2.04.